The second-order valence-corrected chi connectivity index (χ2v) is 6.83. The molecule has 23 heavy (non-hydrogen) atoms. The molecular formula is C15H26Cl2N4OS. The summed E-state index contributed by atoms with van der Waals surface area (Å²) in [6.07, 6.45) is 3.30. The number of rotatable bonds is 4. The third kappa shape index (κ3) is 5.03. The van der Waals surface area contributed by atoms with Gasteiger partial charge in [0.1, 0.15) is 0 Å². The Kier molecular flexibility index (Phi) is 8.79. The molecule has 0 unspecified atom stereocenters. The molecule has 0 radical (unpaired) electrons. The molecule has 1 aliphatic heterocycles. The number of halogens is 2. The topological polar surface area (TPSA) is 62.5 Å². The van der Waals surface area contributed by atoms with Crippen LogP contribution in [0.15, 0.2) is 10.9 Å². The van der Waals surface area contributed by atoms with Crippen molar-refractivity contribution in [2.24, 2.45) is 17.6 Å². The Hall–Kier alpha value is -0.400. The van der Waals surface area contributed by atoms with Crippen LogP contribution in [0.2, 0.25) is 0 Å². The lowest BCUT2D eigenvalue weighted by molar-refractivity contribution is -0.138. The molecule has 1 aliphatic carbocycles. The van der Waals surface area contributed by atoms with Crippen LogP contribution in [0.4, 0.5) is 0 Å². The first-order valence-electron chi connectivity index (χ1n) is 7.86. The fraction of sp³-hybridized carbons (Fsp3) is 0.733. The predicted molar refractivity (Wildman–Crippen MR) is 98.4 cm³/mol. The Labute approximate surface area is 154 Å². The molecule has 2 atom stereocenters. The average molecular weight is 381 g/mol. The molecule has 1 aromatic rings. The predicted octanol–water partition coefficient (Wildman–Crippen LogP) is 2.01. The van der Waals surface area contributed by atoms with Gasteiger partial charge in [-0.15, -0.1) is 36.2 Å². The van der Waals surface area contributed by atoms with E-state index < -0.39 is 0 Å². The lowest BCUT2D eigenvalue weighted by atomic mass is 9.94. The first-order valence-corrected chi connectivity index (χ1v) is 8.80. The summed E-state index contributed by atoms with van der Waals surface area (Å²) in [5.74, 6) is 0.932. The van der Waals surface area contributed by atoms with Crippen molar-refractivity contribution in [3.63, 3.8) is 0 Å². The zero-order chi connectivity index (χ0) is 14.7. The highest BCUT2D eigenvalue weighted by molar-refractivity contribution is 7.07. The van der Waals surface area contributed by atoms with Crippen molar-refractivity contribution in [3.05, 3.63) is 16.6 Å². The molecule has 132 valence electrons. The Morgan fingerprint density at radius 1 is 1.26 bits per heavy atom. The van der Waals surface area contributed by atoms with Gasteiger partial charge in [-0.2, -0.15) is 0 Å². The van der Waals surface area contributed by atoms with Crippen molar-refractivity contribution in [3.8, 4) is 0 Å². The fourth-order valence-electron chi connectivity index (χ4n) is 3.55. The van der Waals surface area contributed by atoms with Gasteiger partial charge in [0, 0.05) is 44.0 Å². The number of aromatic nitrogens is 1. The van der Waals surface area contributed by atoms with E-state index in [2.05, 4.69) is 20.2 Å². The number of carbonyl (C=O) groups is 1. The van der Waals surface area contributed by atoms with Crippen molar-refractivity contribution in [1.82, 2.24) is 14.8 Å². The van der Waals surface area contributed by atoms with E-state index in [1.165, 1.54) is 0 Å². The van der Waals surface area contributed by atoms with Crippen LogP contribution in [-0.2, 0) is 11.3 Å². The second-order valence-electron chi connectivity index (χ2n) is 6.11. The van der Waals surface area contributed by atoms with Crippen LogP contribution >= 0.6 is 36.2 Å². The molecule has 1 saturated heterocycles. The molecule has 0 bridgehead atoms. The number of nitrogens with zero attached hydrogens (tertiary/aromatic N) is 3. The summed E-state index contributed by atoms with van der Waals surface area (Å²) in [5.41, 5.74) is 8.82. The second kappa shape index (κ2) is 9.79. The van der Waals surface area contributed by atoms with Gasteiger partial charge in [-0.25, -0.2) is 4.98 Å². The van der Waals surface area contributed by atoms with Gasteiger partial charge >= 0.3 is 0 Å². The fourth-order valence-corrected chi connectivity index (χ4v) is 4.10. The molecule has 5 nitrogen and oxygen atoms in total. The van der Waals surface area contributed by atoms with Gasteiger partial charge in [0.05, 0.1) is 11.2 Å². The van der Waals surface area contributed by atoms with E-state index in [1.54, 1.807) is 11.3 Å². The number of amides is 1. The van der Waals surface area contributed by atoms with Crippen LogP contribution < -0.4 is 5.73 Å². The third-order valence-corrected chi connectivity index (χ3v) is 5.47. The molecular weight excluding hydrogens is 355 g/mol. The molecule has 3 rings (SSSR count). The van der Waals surface area contributed by atoms with Crippen molar-refractivity contribution in [1.29, 1.82) is 0 Å². The monoisotopic (exact) mass is 380 g/mol. The van der Waals surface area contributed by atoms with Gasteiger partial charge in [0.15, 0.2) is 0 Å². The molecule has 2 aliphatic rings. The standard InChI is InChI=1S/C15H24N4OS.2ClH/c16-8-12-2-1-3-14(12)15(20)19-6-4-18(5-7-19)9-13-10-21-11-17-13;;/h10-12,14H,1-9,16H2;2*1H/t12-,14-;;/m1../s1. The highest BCUT2D eigenvalue weighted by atomic mass is 35.5. The summed E-state index contributed by atoms with van der Waals surface area (Å²) in [5, 5.41) is 2.10. The molecule has 8 heteroatoms. The van der Waals surface area contributed by atoms with Crippen molar-refractivity contribution in [2.45, 2.75) is 25.8 Å². The molecule has 2 fully saturated rings. The molecule has 2 N–H and O–H groups in total. The van der Waals surface area contributed by atoms with Crippen LogP contribution in [0.1, 0.15) is 25.0 Å². The zero-order valence-corrected chi connectivity index (χ0v) is 15.7. The Morgan fingerprint density at radius 2 is 2.00 bits per heavy atom. The lowest BCUT2D eigenvalue weighted by Crippen LogP contribution is -2.50. The minimum absolute atomic E-state index is 0. The number of piperazine rings is 1. The number of carbonyl (C=O) groups excluding carboxylic acids is 1. The number of nitrogens with two attached hydrogens (primary N) is 1. The van der Waals surface area contributed by atoms with Gasteiger partial charge in [-0.05, 0) is 25.3 Å². The van der Waals surface area contributed by atoms with Crippen LogP contribution in [-0.4, -0.2) is 53.4 Å². The minimum Gasteiger partial charge on any atom is -0.340 e. The van der Waals surface area contributed by atoms with Crippen LogP contribution in [0.25, 0.3) is 0 Å². The third-order valence-electron chi connectivity index (χ3n) is 4.83. The molecule has 1 aromatic heterocycles. The quantitative estimate of drug-likeness (QED) is 0.867. The van der Waals surface area contributed by atoms with Gasteiger partial charge in [0.25, 0.3) is 0 Å². The maximum Gasteiger partial charge on any atom is 0.226 e. The van der Waals surface area contributed by atoms with Gasteiger partial charge < -0.3 is 10.6 Å². The van der Waals surface area contributed by atoms with E-state index >= 15 is 0 Å². The number of thiazole rings is 1. The van der Waals surface area contributed by atoms with E-state index in [0.29, 0.717) is 18.4 Å². The van der Waals surface area contributed by atoms with Gasteiger partial charge in [-0.1, -0.05) is 6.42 Å². The highest BCUT2D eigenvalue weighted by Gasteiger charge is 2.35. The maximum absolute atomic E-state index is 12.6. The van der Waals surface area contributed by atoms with Crippen LogP contribution in [0.3, 0.4) is 0 Å². The summed E-state index contributed by atoms with van der Waals surface area (Å²) in [6.45, 7) is 5.14. The van der Waals surface area contributed by atoms with E-state index in [-0.39, 0.29) is 30.7 Å². The molecule has 0 aromatic carbocycles. The molecule has 0 spiro atoms. The molecule has 1 amide bonds. The van der Waals surface area contributed by atoms with Gasteiger partial charge in [-0.3, -0.25) is 9.69 Å². The van der Waals surface area contributed by atoms with Gasteiger partial charge in [0.2, 0.25) is 5.91 Å². The Bertz CT molecular complexity index is 466. The number of hydrogen-bond acceptors (Lipinski definition) is 5. The van der Waals surface area contributed by atoms with Crippen molar-refractivity contribution < 1.29 is 4.79 Å². The maximum atomic E-state index is 12.6. The Morgan fingerprint density at radius 3 is 2.61 bits per heavy atom. The molecule has 1 saturated carbocycles. The van der Waals surface area contributed by atoms with E-state index in [4.69, 9.17) is 5.73 Å². The molecule has 2 heterocycles. The zero-order valence-electron chi connectivity index (χ0n) is 13.2. The summed E-state index contributed by atoms with van der Waals surface area (Å²) >= 11 is 1.64. The first-order chi connectivity index (χ1) is 10.3. The first kappa shape index (κ1) is 20.6. The summed E-state index contributed by atoms with van der Waals surface area (Å²) in [4.78, 5) is 21.4. The number of hydrogen-bond donors (Lipinski definition) is 1. The SMILES string of the molecule is Cl.Cl.NC[C@H]1CCC[C@H]1C(=O)N1CCN(Cc2cscn2)CC1. The van der Waals surface area contributed by atoms with Crippen LogP contribution in [0, 0.1) is 11.8 Å². The van der Waals surface area contributed by atoms with E-state index in [9.17, 15) is 4.79 Å². The van der Waals surface area contributed by atoms with E-state index in [0.717, 1.165) is 57.7 Å². The van der Waals surface area contributed by atoms with Crippen molar-refractivity contribution in [2.75, 3.05) is 32.7 Å². The summed E-state index contributed by atoms with van der Waals surface area (Å²) in [7, 11) is 0. The lowest BCUT2D eigenvalue weighted by Gasteiger charge is -2.36. The largest absolute Gasteiger partial charge is 0.340 e. The minimum atomic E-state index is 0. The average Bonchev–Trinajstić information content (AvgIpc) is 3.18. The van der Waals surface area contributed by atoms with Crippen molar-refractivity contribution >= 4 is 42.1 Å². The van der Waals surface area contributed by atoms with Crippen LogP contribution in [0.5, 0.6) is 0 Å². The summed E-state index contributed by atoms with van der Waals surface area (Å²) in [6, 6.07) is 0. The normalized spacial score (nSPS) is 24.8. The highest BCUT2D eigenvalue weighted by Crippen LogP contribution is 2.32. The Balaban J connectivity index is 0.00000132. The smallest absolute Gasteiger partial charge is 0.226 e. The summed E-state index contributed by atoms with van der Waals surface area (Å²) < 4.78 is 0. The van der Waals surface area contributed by atoms with E-state index in [1.807, 2.05) is 5.51 Å².